The fourth-order valence-corrected chi connectivity index (χ4v) is 2.03. The van der Waals surface area contributed by atoms with Gasteiger partial charge in [0.15, 0.2) is 5.82 Å². The van der Waals surface area contributed by atoms with E-state index < -0.39 is 0 Å². The number of nitrogens with zero attached hydrogens (tertiary/aromatic N) is 4. The summed E-state index contributed by atoms with van der Waals surface area (Å²) in [4.78, 5) is 2.08. The van der Waals surface area contributed by atoms with Gasteiger partial charge < -0.3 is 10.2 Å². The molecule has 0 fully saturated rings. The lowest BCUT2D eigenvalue weighted by atomic mass is 10.2. The summed E-state index contributed by atoms with van der Waals surface area (Å²) in [5.41, 5.74) is 2.25. The summed E-state index contributed by atoms with van der Waals surface area (Å²) in [5, 5.41) is 11.8. The van der Waals surface area contributed by atoms with Crippen molar-refractivity contribution in [2.75, 3.05) is 30.9 Å². The van der Waals surface area contributed by atoms with E-state index in [4.69, 9.17) is 0 Å². The Kier molecular flexibility index (Phi) is 4.04. The zero-order valence-corrected chi connectivity index (χ0v) is 12.0. The summed E-state index contributed by atoms with van der Waals surface area (Å²) in [6.45, 7) is 5.84. The standard InChI is InChI=1S/C14H21N5/c1-5-15-14-17-16-13(19(14)6-2)11-8-7-9-12(10-11)18(3)4/h7-10H,5-6H2,1-4H3,(H,15,17). The summed E-state index contributed by atoms with van der Waals surface area (Å²) < 4.78 is 2.10. The Balaban J connectivity index is 2.43. The quantitative estimate of drug-likeness (QED) is 0.896. The Morgan fingerprint density at radius 2 is 2.00 bits per heavy atom. The second kappa shape index (κ2) is 5.73. The highest BCUT2D eigenvalue weighted by Crippen LogP contribution is 2.24. The number of benzene rings is 1. The van der Waals surface area contributed by atoms with Gasteiger partial charge in [-0.1, -0.05) is 12.1 Å². The molecule has 0 amide bonds. The fraction of sp³-hybridized carbons (Fsp3) is 0.429. The van der Waals surface area contributed by atoms with Crippen molar-refractivity contribution in [1.82, 2.24) is 14.8 Å². The molecule has 0 aliphatic rings. The molecule has 0 saturated carbocycles. The fourth-order valence-electron chi connectivity index (χ4n) is 2.03. The predicted octanol–water partition coefficient (Wildman–Crippen LogP) is 2.46. The van der Waals surface area contributed by atoms with Gasteiger partial charge in [0.25, 0.3) is 0 Å². The Bertz CT molecular complexity index is 545. The van der Waals surface area contributed by atoms with Crippen molar-refractivity contribution in [3.8, 4) is 11.4 Å². The van der Waals surface area contributed by atoms with Gasteiger partial charge in [-0.15, -0.1) is 10.2 Å². The zero-order valence-electron chi connectivity index (χ0n) is 12.0. The predicted molar refractivity (Wildman–Crippen MR) is 79.6 cm³/mol. The van der Waals surface area contributed by atoms with E-state index >= 15 is 0 Å². The van der Waals surface area contributed by atoms with Crippen molar-refractivity contribution in [3.05, 3.63) is 24.3 Å². The number of nitrogens with one attached hydrogen (secondary N) is 1. The average molecular weight is 259 g/mol. The molecule has 2 rings (SSSR count). The lowest BCUT2D eigenvalue weighted by Gasteiger charge is -2.14. The molecule has 0 spiro atoms. The van der Waals surface area contributed by atoms with Gasteiger partial charge in [-0.25, -0.2) is 0 Å². The van der Waals surface area contributed by atoms with Crippen LogP contribution in [0.3, 0.4) is 0 Å². The van der Waals surface area contributed by atoms with E-state index in [-0.39, 0.29) is 0 Å². The first-order chi connectivity index (χ1) is 9.17. The zero-order chi connectivity index (χ0) is 13.8. The van der Waals surface area contributed by atoms with E-state index in [0.29, 0.717) is 0 Å². The first kappa shape index (κ1) is 13.4. The second-order valence-corrected chi connectivity index (χ2v) is 4.57. The Morgan fingerprint density at radius 1 is 1.21 bits per heavy atom. The molecule has 0 unspecified atom stereocenters. The minimum atomic E-state index is 0.829. The number of rotatable bonds is 5. The van der Waals surface area contributed by atoms with E-state index in [9.17, 15) is 0 Å². The molecule has 0 saturated heterocycles. The Hall–Kier alpha value is -2.04. The molecule has 1 N–H and O–H groups in total. The second-order valence-electron chi connectivity index (χ2n) is 4.57. The molecule has 0 radical (unpaired) electrons. The molecule has 0 aliphatic heterocycles. The van der Waals surface area contributed by atoms with Crippen LogP contribution in [0.4, 0.5) is 11.6 Å². The lowest BCUT2D eigenvalue weighted by molar-refractivity contribution is 0.770. The van der Waals surface area contributed by atoms with Gasteiger partial charge in [0.1, 0.15) is 0 Å². The molecule has 5 nitrogen and oxygen atoms in total. The Morgan fingerprint density at radius 3 is 2.63 bits per heavy atom. The van der Waals surface area contributed by atoms with Crippen molar-refractivity contribution in [3.63, 3.8) is 0 Å². The molecule has 102 valence electrons. The smallest absolute Gasteiger partial charge is 0.224 e. The van der Waals surface area contributed by atoms with Gasteiger partial charge in [-0.2, -0.15) is 0 Å². The van der Waals surface area contributed by atoms with E-state index in [1.54, 1.807) is 0 Å². The first-order valence-electron chi connectivity index (χ1n) is 6.62. The van der Waals surface area contributed by atoms with Crippen molar-refractivity contribution in [1.29, 1.82) is 0 Å². The summed E-state index contributed by atoms with van der Waals surface area (Å²) in [5.74, 6) is 1.73. The van der Waals surface area contributed by atoms with E-state index in [1.807, 2.05) is 20.2 Å². The SMILES string of the molecule is CCNc1nnc(-c2cccc(N(C)C)c2)n1CC. The highest BCUT2D eigenvalue weighted by atomic mass is 15.3. The van der Waals surface area contributed by atoms with Crippen molar-refractivity contribution in [2.24, 2.45) is 0 Å². The maximum absolute atomic E-state index is 4.31. The highest BCUT2D eigenvalue weighted by Gasteiger charge is 2.12. The van der Waals surface area contributed by atoms with Crippen molar-refractivity contribution >= 4 is 11.6 Å². The molecule has 1 aromatic heterocycles. The maximum atomic E-state index is 4.31. The van der Waals surface area contributed by atoms with E-state index in [1.165, 1.54) is 0 Å². The first-order valence-corrected chi connectivity index (χ1v) is 6.62. The topological polar surface area (TPSA) is 46.0 Å². The van der Waals surface area contributed by atoms with Crippen LogP contribution in [0, 0.1) is 0 Å². The highest BCUT2D eigenvalue weighted by molar-refractivity contribution is 5.64. The molecule has 5 heteroatoms. The van der Waals surface area contributed by atoms with Crippen LogP contribution < -0.4 is 10.2 Å². The van der Waals surface area contributed by atoms with Gasteiger partial charge >= 0.3 is 0 Å². The minimum absolute atomic E-state index is 0.829. The molecule has 0 aliphatic carbocycles. The summed E-state index contributed by atoms with van der Waals surface area (Å²) >= 11 is 0. The lowest BCUT2D eigenvalue weighted by Crippen LogP contribution is -2.09. The van der Waals surface area contributed by atoms with Gasteiger partial charge in [-0.05, 0) is 26.0 Å². The van der Waals surface area contributed by atoms with Crippen LogP contribution in [-0.2, 0) is 6.54 Å². The van der Waals surface area contributed by atoms with Crippen LogP contribution in [0.2, 0.25) is 0 Å². The Labute approximate surface area is 114 Å². The third-order valence-electron chi connectivity index (χ3n) is 3.02. The van der Waals surface area contributed by atoms with E-state index in [2.05, 4.69) is 57.0 Å². The van der Waals surface area contributed by atoms with Crippen LogP contribution in [-0.4, -0.2) is 35.4 Å². The molecule has 2 aromatic rings. The number of aromatic nitrogens is 3. The monoisotopic (exact) mass is 259 g/mol. The molecule has 0 bridgehead atoms. The van der Waals surface area contributed by atoms with Gasteiger partial charge in [0.2, 0.25) is 5.95 Å². The van der Waals surface area contributed by atoms with Crippen LogP contribution in [0.15, 0.2) is 24.3 Å². The van der Waals surface area contributed by atoms with Crippen molar-refractivity contribution < 1.29 is 0 Å². The number of hydrogen-bond donors (Lipinski definition) is 1. The molecular formula is C14H21N5. The number of anilines is 2. The molecular weight excluding hydrogens is 238 g/mol. The summed E-state index contributed by atoms with van der Waals surface area (Å²) in [6.07, 6.45) is 0. The number of hydrogen-bond acceptors (Lipinski definition) is 4. The van der Waals surface area contributed by atoms with Crippen LogP contribution in [0.5, 0.6) is 0 Å². The van der Waals surface area contributed by atoms with Gasteiger partial charge in [0, 0.05) is 38.4 Å². The van der Waals surface area contributed by atoms with Gasteiger partial charge in [0.05, 0.1) is 0 Å². The molecule has 1 aromatic carbocycles. The van der Waals surface area contributed by atoms with Crippen LogP contribution in [0.25, 0.3) is 11.4 Å². The summed E-state index contributed by atoms with van der Waals surface area (Å²) in [7, 11) is 4.07. The third-order valence-corrected chi connectivity index (χ3v) is 3.02. The average Bonchev–Trinajstić information content (AvgIpc) is 2.82. The van der Waals surface area contributed by atoms with Crippen molar-refractivity contribution in [2.45, 2.75) is 20.4 Å². The van der Waals surface area contributed by atoms with Crippen LogP contribution in [0.1, 0.15) is 13.8 Å². The minimum Gasteiger partial charge on any atom is -0.378 e. The van der Waals surface area contributed by atoms with Gasteiger partial charge in [-0.3, -0.25) is 4.57 Å². The normalized spacial score (nSPS) is 10.5. The largest absolute Gasteiger partial charge is 0.378 e. The molecule has 19 heavy (non-hydrogen) atoms. The maximum Gasteiger partial charge on any atom is 0.224 e. The molecule has 1 heterocycles. The van der Waals surface area contributed by atoms with E-state index in [0.717, 1.165) is 36.1 Å². The van der Waals surface area contributed by atoms with Crippen LogP contribution >= 0.6 is 0 Å². The molecule has 0 atom stereocenters. The summed E-state index contributed by atoms with van der Waals surface area (Å²) in [6, 6.07) is 8.33. The third kappa shape index (κ3) is 2.70.